The van der Waals surface area contributed by atoms with Crippen molar-refractivity contribution >= 4 is 20.0 Å². The van der Waals surface area contributed by atoms with Gasteiger partial charge in [0.25, 0.3) is 0 Å². The quantitative estimate of drug-likeness (QED) is 0.528. The second-order valence-corrected chi connectivity index (χ2v) is 11.6. The predicted octanol–water partition coefficient (Wildman–Crippen LogP) is 3.64. The molecule has 0 aromatic heterocycles. The topological polar surface area (TPSA) is 74.8 Å². The SMILES string of the molecule is CCN(Cc1ccccc1)S(=O)(=O)c1ccc(S(=O)(=O)N2CCc3ccccc3C2)cc1. The molecule has 3 aromatic carbocycles. The Morgan fingerprint density at radius 3 is 2.03 bits per heavy atom. The van der Waals surface area contributed by atoms with Gasteiger partial charge in [0.05, 0.1) is 9.79 Å². The fourth-order valence-corrected chi connectivity index (χ4v) is 6.77. The van der Waals surface area contributed by atoms with Gasteiger partial charge >= 0.3 is 0 Å². The normalized spacial score (nSPS) is 14.9. The van der Waals surface area contributed by atoms with E-state index in [1.165, 1.54) is 38.4 Å². The maximum atomic E-state index is 13.2. The molecule has 32 heavy (non-hydrogen) atoms. The molecule has 168 valence electrons. The number of benzene rings is 3. The molecule has 0 unspecified atom stereocenters. The summed E-state index contributed by atoms with van der Waals surface area (Å²) < 4.78 is 55.4. The summed E-state index contributed by atoms with van der Waals surface area (Å²) in [5.41, 5.74) is 3.06. The summed E-state index contributed by atoms with van der Waals surface area (Å²) in [5.74, 6) is 0. The third-order valence-electron chi connectivity index (χ3n) is 5.75. The van der Waals surface area contributed by atoms with Gasteiger partial charge in [-0.05, 0) is 47.4 Å². The van der Waals surface area contributed by atoms with Gasteiger partial charge in [-0.3, -0.25) is 0 Å². The standard InChI is InChI=1S/C24H26N2O4S2/c1-2-25(18-20-8-4-3-5-9-20)31(27,28)23-12-14-24(15-13-23)32(29,30)26-17-16-21-10-6-7-11-22(21)19-26/h3-15H,2,16-19H2,1H3. The maximum Gasteiger partial charge on any atom is 0.243 e. The van der Waals surface area contributed by atoms with Crippen molar-refractivity contribution in [3.63, 3.8) is 0 Å². The van der Waals surface area contributed by atoms with Crippen LogP contribution in [-0.2, 0) is 39.6 Å². The molecule has 0 radical (unpaired) electrons. The number of fused-ring (bicyclic) bond motifs is 1. The molecule has 0 bridgehead atoms. The zero-order valence-corrected chi connectivity index (χ0v) is 19.5. The summed E-state index contributed by atoms with van der Waals surface area (Å²) in [4.78, 5) is 0.181. The molecule has 0 fully saturated rings. The molecular weight excluding hydrogens is 444 g/mol. The largest absolute Gasteiger partial charge is 0.243 e. The first-order valence-electron chi connectivity index (χ1n) is 10.5. The lowest BCUT2D eigenvalue weighted by molar-refractivity contribution is 0.391. The molecule has 0 atom stereocenters. The minimum atomic E-state index is -3.75. The maximum absolute atomic E-state index is 13.2. The van der Waals surface area contributed by atoms with Gasteiger partial charge in [0, 0.05) is 26.2 Å². The highest BCUT2D eigenvalue weighted by molar-refractivity contribution is 7.89. The van der Waals surface area contributed by atoms with Gasteiger partial charge in [-0.1, -0.05) is 61.5 Å². The van der Waals surface area contributed by atoms with E-state index in [2.05, 4.69) is 0 Å². The highest BCUT2D eigenvalue weighted by Crippen LogP contribution is 2.26. The zero-order chi connectivity index (χ0) is 22.8. The Hall–Kier alpha value is -2.52. The molecular formula is C24H26N2O4S2. The summed E-state index contributed by atoms with van der Waals surface area (Å²) in [6.45, 7) is 3.07. The third-order valence-corrected chi connectivity index (χ3v) is 9.54. The zero-order valence-electron chi connectivity index (χ0n) is 17.9. The molecule has 4 rings (SSSR count). The first-order valence-corrected chi connectivity index (χ1v) is 13.4. The van der Waals surface area contributed by atoms with E-state index in [9.17, 15) is 16.8 Å². The summed E-state index contributed by atoms with van der Waals surface area (Å²) in [5, 5.41) is 0. The van der Waals surface area contributed by atoms with Gasteiger partial charge < -0.3 is 0 Å². The Balaban J connectivity index is 1.55. The third kappa shape index (κ3) is 4.49. The predicted molar refractivity (Wildman–Crippen MR) is 124 cm³/mol. The molecule has 0 N–H and O–H groups in total. The first-order chi connectivity index (χ1) is 15.3. The minimum absolute atomic E-state index is 0.0817. The highest BCUT2D eigenvalue weighted by atomic mass is 32.2. The fraction of sp³-hybridized carbons (Fsp3) is 0.250. The van der Waals surface area contributed by atoms with Crippen molar-refractivity contribution < 1.29 is 16.8 Å². The van der Waals surface area contributed by atoms with Crippen molar-refractivity contribution in [3.8, 4) is 0 Å². The van der Waals surface area contributed by atoms with E-state index in [1.807, 2.05) is 54.6 Å². The number of nitrogens with zero attached hydrogens (tertiary/aromatic N) is 2. The van der Waals surface area contributed by atoms with Crippen molar-refractivity contribution in [3.05, 3.63) is 95.6 Å². The van der Waals surface area contributed by atoms with E-state index in [0.717, 1.165) is 11.1 Å². The van der Waals surface area contributed by atoms with Crippen LogP contribution in [0.2, 0.25) is 0 Å². The molecule has 3 aromatic rings. The van der Waals surface area contributed by atoms with Crippen LogP contribution in [0, 0.1) is 0 Å². The molecule has 1 aliphatic rings. The second-order valence-electron chi connectivity index (χ2n) is 7.75. The molecule has 0 spiro atoms. The van der Waals surface area contributed by atoms with Gasteiger partial charge in [-0.2, -0.15) is 8.61 Å². The molecule has 8 heteroatoms. The van der Waals surface area contributed by atoms with E-state index in [1.54, 1.807) is 6.92 Å². The van der Waals surface area contributed by atoms with E-state index >= 15 is 0 Å². The molecule has 0 saturated carbocycles. The lowest BCUT2D eigenvalue weighted by Crippen LogP contribution is -2.36. The summed E-state index contributed by atoms with van der Waals surface area (Å²) >= 11 is 0. The Bertz CT molecular complexity index is 1240. The van der Waals surface area contributed by atoms with Crippen LogP contribution in [0.15, 0.2) is 88.7 Å². The van der Waals surface area contributed by atoms with Crippen LogP contribution in [0.3, 0.4) is 0 Å². The number of hydrogen-bond donors (Lipinski definition) is 0. The Labute approximate surface area is 190 Å². The van der Waals surface area contributed by atoms with Crippen molar-refractivity contribution in [2.45, 2.75) is 36.2 Å². The molecule has 0 aliphatic carbocycles. The van der Waals surface area contributed by atoms with Crippen molar-refractivity contribution in [2.75, 3.05) is 13.1 Å². The molecule has 1 aliphatic heterocycles. The van der Waals surface area contributed by atoms with Crippen LogP contribution < -0.4 is 0 Å². The van der Waals surface area contributed by atoms with Crippen LogP contribution in [0.5, 0.6) is 0 Å². The highest BCUT2D eigenvalue weighted by Gasteiger charge is 2.29. The van der Waals surface area contributed by atoms with Gasteiger partial charge in [-0.15, -0.1) is 0 Å². The Morgan fingerprint density at radius 1 is 0.781 bits per heavy atom. The molecule has 6 nitrogen and oxygen atoms in total. The summed E-state index contributed by atoms with van der Waals surface area (Å²) in [7, 11) is -7.47. The van der Waals surface area contributed by atoms with Crippen LogP contribution >= 0.6 is 0 Å². The van der Waals surface area contributed by atoms with E-state index < -0.39 is 20.0 Å². The Kier molecular flexibility index (Phi) is 6.48. The molecule has 1 heterocycles. The van der Waals surface area contributed by atoms with Crippen LogP contribution in [0.25, 0.3) is 0 Å². The average Bonchev–Trinajstić information content (AvgIpc) is 2.82. The molecule has 0 amide bonds. The summed E-state index contributed by atoms with van der Waals surface area (Å²) in [6.07, 6.45) is 0.660. The van der Waals surface area contributed by atoms with Gasteiger partial charge in [0.15, 0.2) is 0 Å². The number of sulfonamides is 2. The second kappa shape index (κ2) is 9.15. The first kappa shape index (κ1) is 22.7. The van der Waals surface area contributed by atoms with Crippen molar-refractivity contribution in [1.29, 1.82) is 0 Å². The van der Waals surface area contributed by atoms with Crippen LogP contribution in [0.4, 0.5) is 0 Å². The van der Waals surface area contributed by atoms with Gasteiger partial charge in [-0.25, -0.2) is 16.8 Å². The van der Waals surface area contributed by atoms with Gasteiger partial charge in [0.1, 0.15) is 0 Å². The lowest BCUT2D eigenvalue weighted by atomic mass is 10.0. The van der Waals surface area contributed by atoms with E-state index in [4.69, 9.17) is 0 Å². The number of rotatable bonds is 7. The summed E-state index contributed by atoms with van der Waals surface area (Å²) in [6, 6.07) is 22.8. The van der Waals surface area contributed by atoms with Crippen molar-refractivity contribution in [1.82, 2.24) is 8.61 Å². The minimum Gasteiger partial charge on any atom is -0.207 e. The Morgan fingerprint density at radius 2 is 1.38 bits per heavy atom. The lowest BCUT2D eigenvalue weighted by Gasteiger charge is -2.28. The molecule has 0 saturated heterocycles. The van der Waals surface area contributed by atoms with E-state index in [0.29, 0.717) is 26.1 Å². The fourth-order valence-electron chi connectivity index (χ4n) is 3.91. The van der Waals surface area contributed by atoms with Crippen LogP contribution in [0.1, 0.15) is 23.6 Å². The smallest absolute Gasteiger partial charge is 0.207 e. The van der Waals surface area contributed by atoms with Gasteiger partial charge in [0.2, 0.25) is 20.0 Å². The average molecular weight is 471 g/mol. The monoisotopic (exact) mass is 470 g/mol. The van der Waals surface area contributed by atoms with Crippen molar-refractivity contribution in [2.24, 2.45) is 0 Å². The number of hydrogen-bond acceptors (Lipinski definition) is 4. The van der Waals surface area contributed by atoms with E-state index in [-0.39, 0.29) is 16.3 Å². The van der Waals surface area contributed by atoms with Crippen LogP contribution in [-0.4, -0.2) is 38.5 Å².